The van der Waals surface area contributed by atoms with E-state index in [0.29, 0.717) is 6.54 Å². The molecule has 0 bridgehead atoms. The second-order valence-corrected chi connectivity index (χ2v) is 19.3. The molecule has 3 atom stereocenters. The zero-order valence-electron chi connectivity index (χ0n) is 31.0. The van der Waals surface area contributed by atoms with Crippen LogP contribution in [0.1, 0.15) is 117 Å². The van der Waals surface area contributed by atoms with E-state index < -0.39 is 20.5 Å². The number of carbonyl (C=O) groups excluding carboxylic acids is 1. The Morgan fingerprint density at radius 1 is 0.780 bits per heavy atom. The maximum absolute atomic E-state index is 13.6. The number of hydrogen-bond acceptors (Lipinski definition) is 4. The molecule has 1 fully saturated rings. The fourth-order valence-corrected chi connectivity index (χ4v) is 12.2. The van der Waals surface area contributed by atoms with Gasteiger partial charge in [-0.05, 0) is 32.9 Å². The highest BCUT2D eigenvalue weighted by molar-refractivity contribution is 6.99. The van der Waals surface area contributed by atoms with Gasteiger partial charge >= 0.3 is 6.09 Å². The zero-order chi connectivity index (χ0) is 35.7. The molecule has 1 aliphatic heterocycles. The molecule has 0 N–H and O–H groups in total. The predicted octanol–water partition coefficient (Wildman–Crippen LogP) is 10.7. The van der Waals surface area contributed by atoms with Gasteiger partial charge in [0, 0.05) is 18.1 Å². The summed E-state index contributed by atoms with van der Waals surface area (Å²) >= 11 is 0. The van der Waals surface area contributed by atoms with E-state index in [9.17, 15) is 10.3 Å². The van der Waals surface area contributed by atoms with E-state index in [-0.39, 0.29) is 23.8 Å². The number of amides is 1. The fraction of sp³-hybridized carbons (Fsp3) is 0.548. The van der Waals surface area contributed by atoms with Gasteiger partial charge in [-0.3, -0.25) is 4.90 Å². The van der Waals surface area contributed by atoms with Crippen LogP contribution in [-0.2, 0) is 15.7 Å². The van der Waals surface area contributed by atoms with E-state index in [1.807, 2.05) is 47.4 Å². The molecule has 0 saturated carbocycles. The second kappa shape index (κ2) is 20.3. The molecule has 0 unspecified atom stereocenters. The van der Waals surface area contributed by atoms with Gasteiger partial charge in [-0.1, -0.05) is 201 Å². The lowest BCUT2D eigenvalue weighted by atomic mass is 9.96. The Kier molecular flexibility index (Phi) is 15.9. The number of hydrogen-bond donors (Lipinski definition) is 0. The summed E-state index contributed by atoms with van der Waals surface area (Å²) in [6.07, 6.45) is 15.1. The van der Waals surface area contributed by atoms with Gasteiger partial charge in [0.1, 0.15) is 6.10 Å². The number of cyclic esters (lactones) is 1. The molecule has 0 aliphatic carbocycles. The van der Waals surface area contributed by atoms with Crippen molar-refractivity contribution in [2.24, 2.45) is 5.11 Å². The average Bonchev–Trinajstić information content (AvgIpc) is 3.43. The first-order chi connectivity index (χ1) is 24.3. The van der Waals surface area contributed by atoms with Crippen LogP contribution in [0.5, 0.6) is 0 Å². The van der Waals surface area contributed by atoms with Gasteiger partial charge in [-0.2, -0.15) is 0 Å². The fourth-order valence-electron chi connectivity index (χ4n) is 7.62. The largest absolute Gasteiger partial charge is 0.443 e. The van der Waals surface area contributed by atoms with Crippen molar-refractivity contribution in [1.29, 1.82) is 0 Å². The number of rotatable bonds is 22. The van der Waals surface area contributed by atoms with Crippen molar-refractivity contribution in [3.63, 3.8) is 0 Å². The summed E-state index contributed by atoms with van der Waals surface area (Å²) < 4.78 is 13.4. The highest BCUT2D eigenvalue weighted by Crippen LogP contribution is 2.38. The third-order valence-electron chi connectivity index (χ3n) is 10.3. The Morgan fingerprint density at radius 2 is 1.26 bits per heavy atom. The first kappa shape index (κ1) is 39.2. The molecule has 1 amide bonds. The van der Waals surface area contributed by atoms with Crippen molar-refractivity contribution in [3.8, 4) is 0 Å². The van der Waals surface area contributed by atoms with Gasteiger partial charge in [0.05, 0.1) is 12.1 Å². The van der Waals surface area contributed by atoms with Crippen LogP contribution < -0.4 is 10.4 Å². The molecule has 0 aromatic heterocycles. The number of carbonyl (C=O) groups is 1. The number of nitrogens with zero attached hydrogens (tertiary/aromatic N) is 4. The summed E-state index contributed by atoms with van der Waals surface area (Å²) in [5.41, 5.74) is 10.9. The molecule has 1 heterocycles. The van der Waals surface area contributed by atoms with Gasteiger partial charge in [-0.25, -0.2) is 4.79 Å². The van der Waals surface area contributed by atoms with E-state index in [1.54, 1.807) is 0 Å². The number of unbranched alkanes of at least 4 members (excludes halogenated alkanes) is 11. The van der Waals surface area contributed by atoms with Crippen molar-refractivity contribution >= 4 is 24.8 Å². The van der Waals surface area contributed by atoms with Crippen molar-refractivity contribution in [3.05, 3.63) is 107 Å². The smallest absolute Gasteiger partial charge is 0.410 e. The molecule has 3 aromatic carbocycles. The molecule has 270 valence electrons. The summed E-state index contributed by atoms with van der Waals surface area (Å²) in [5, 5.41) is 6.36. The van der Waals surface area contributed by atoms with Crippen LogP contribution in [0, 0.1) is 0 Å². The minimum absolute atomic E-state index is 0.156. The minimum atomic E-state index is -2.91. The van der Waals surface area contributed by atoms with Crippen LogP contribution in [-0.4, -0.2) is 44.1 Å². The predicted molar refractivity (Wildman–Crippen MR) is 208 cm³/mol. The molecule has 1 saturated heterocycles. The first-order valence-corrected chi connectivity index (χ1v) is 21.0. The highest BCUT2D eigenvalue weighted by Gasteiger charge is 2.52. The van der Waals surface area contributed by atoms with Crippen molar-refractivity contribution in [2.75, 3.05) is 6.61 Å². The molecule has 3 aromatic rings. The van der Waals surface area contributed by atoms with Crippen LogP contribution in [0.25, 0.3) is 10.4 Å². The third kappa shape index (κ3) is 10.7. The number of ether oxygens (including phenoxy) is 1. The van der Waals surface area contributed by atoms with E-state index in [2.05, 4.69) is 86.3 Å². The topological polar surface area (TPSA) is 87.5 Å². The lowest BCUT2D eigenvalue weighted by molar-refractivity contribution is 0.0940. The van der Waals surface area contributed by atoms with E-state index in [4.69, 9.17) is 9.16 Å². The summed E-state index contributed by atoms with van der Waals surface area (Å²) in [4.78, 5) is 18.7. The normalized spacial score (nSPS) is 17.0. The first-order valence-electron chi connectivity index (χ1n) is 19.1. The monoisotopic (exact) mass is 696 g/mol. The molecular formula is C42H60N4O3Si. The maximum atomic E-state index is 13.6. The molecule has 7 nitrogen and oxygen atoms in total. The molecule has 0 spiro atoms. The molecule has 50 heavy (non-hydrogen) atoms. The molecule has 4 rings (SSSR count). The standard InChI is InChI=1S/C42H60N4O3Si/c1-5-6-7-8-9-10-11-12-13-14-15-25-32-39-40(49-41(47)46(39)33-35-26-19-16-20-27-35)38(44-45-43)34-48-50(42(2,3)4,36-28-21-17-22-29-36)37-30-23-18-24-31-37/h16-24,26-31,38-40H,5-15,25,32-34H2,1-4H3/t38-,39-,40-/m0/s1. The van der Waals surface area contributed by atoms with Crippen LogP contribution in [0.3, 0.4) is 0 Å². The zero-order valence-corrected chi connectivity index (χ0v) is 32.0. The van der Waals surface area contributed by atoms with Gasteiger partial charge < -0.3 is 9.16 Å². The van der Waals surface area contributed by atoms with E-state index in [1.165, 1.54) is 64.2 Å². The maximum Gasteiger partial charge on any atom is 0.410 e. The average molecular weight is 697 g/mol. The Labute approximate surface area is 302 Å². The van der Waals surface area contributed by atoms with Crippen molar-refractivity contribution < 1.29 is 14.0 Å². The summed E-state index contributed by atoms with van der Waals surface area (Å²) in [6.45, 7) is 9.57. The van der Waals surface area contributed by atoms with Gasteiger partial charge in [0.15, 0.2) is 0 Å². The van der Waals surface area contributed by atoms with Crippen molar-refractivity contribution in [1.82, 2.24) is 4.90 Å². The number of benzene rings is 3. The lowest BCUT2D eigenvalue weighted by Gasteiger charge is -2.43. The van der Waals surface area contributed by atoms with Crippen LogP contribution in [0.2, 0.25) is 5.04 Å². The SMILES string of the molecule is CCCCCCCCCCCCCC[C@H]1[C@H]([C@H](CO[Si](c2ccccc2)(c2ccccc2)C(C)(C)C)N=[N+]=[N-])OC(=O)N1Cc1ccccc1. The van der Waals surface area contributed by atoms with E-state index >= 15 is 0 Å². The molecule has 0 radical (unpaired) electrons. The van der Waals surface area contributed by atoms with Crippen LogP contribution in [0.4, 0.5) is 4.79 Å². The van der Waals surface area contributed by atoms with Gasteiger partial charge in [-0.15, -0.1) is 0 Å². The summed E-state index contributed by atoms with van der Waals surface area (Å²) in [6, 6.07) is 30.1. The molecule has 8 heteroatoms. The van der Waals surface area contributed by atoms with Gasteiger partial charge in [0.2, 0.25) is 0 Å². The quantitative estimate of drug-likeness (QED) is 0.0344. The minimum Gasteiger partial charge on any atom is -0.443 e. The molecular weight excluding hydrogens is 637 g/mol. The van der Waals surface area contributed by atoms with Crippen LogP contribution in [0.15, 0.2) is 96.1 Å². The summed E-state index contributed by atoms with van der Waals surface area (Å²) in [5.74, 6) is 0. The number of azide groups is 1. The van der Waals surface area contributed by atoms with Crippen LogP contribution >= 0.6 is 0 Å². The summed E-state index contributed by atoms with van der Waals surface area (Å²) in [7, 11) is -2.91. The Morgan fingerprint density at radius 3 is 1.74 bits per heavy atom. The van der Waals surface area contributed by atoms with Gasteiger partial charge in [0.25, 0.3) is 8.32 Å². The highest BCUT2D eigenvalue weighted by atomic mass is 28.4. The molecule has 1 aliphatic rings. The Bertz CT molecular complexity index is 1400. The van der Waals surface area contributed by atoms with E-state index in [0.717, 1.165) is 35.2 Å². The Balaban J connectivity index is 1.50. The second-order valence-electron chi connectivity index (χ2n) is 15.0. The third-order valence-corrected chi connectivity index (χ3v) is 15.3. The Hall–Kier alpha value is -3.58. The van der Waals surface area contributed by atoms with Crippen molar-refractivity contribution in [2.45, 2.75) is 141 Å². The lowest BCUT2D eigenvalue weighted by Crippen LogP contribution is -2.67.